The lowest BCUT2D eigenvalue weighted by Crippen LogP contribution is -2.29. The Morgan fingerprint density at radius 2 is 1.76 bits per heavy atom. The van der Waals surface area contributed by atoms with Gasteiger partial charge in [0.05, 0.1) is 39.0 Å². The predicted molar refractivity (Wildman–Crippen MR) is 137 cm³/mol. The molecule has 0 bridgehead atoms. The van der Waals surface area contributed by atoms with Gasteiger partial charge in [0.25, 0.3) is 0 Å². The van der Waals surface area contributed by atoms with Crippen molar-refractivity contribution >= 4 is 49.0 Å². The highest BCUT2D eigenvalue weighted by molar-refractivity contribution is 6.26. The second-order valence-electron chi connectivity index (χ2n) is 10.8. The van der Waals surface area contributed by atoms with Crippen molar-refractivity contribution in [3.8, 4) is 6.07 Å². The van der Waals surface area contributed by atoms with E-state index in [9.17, 15) is 5.26 Å². The van der Waals surface area contributed by atoms with Crippen LogP contribution in [0.2, 0.25) is 0 Å². The summed E-state index contributed by atoms with van der Waals surface area (Å²) in [5, 5.41) is 16.0. The van der Waals surface area contributed by atoms with Gasteiger partial charge in [-0.15, -0.1) is 0 Å². The number of hydrogen-bond acceptors (Lipinski definition) is 1. The summed E-state index contributed by atoms with van der Waals surface area (Å²) in [5.74, 6) is 0. The SMILES string of the molecule is Cc1cc2c3c(C#N)cccc3n3c4cc(CC(C)(C)C)cc5cc[n+](C)c(c(c1C)c23)c54. The third kappa shape index (κ3) is 2.64. The van der Waals surface area contributed by atoms with E-state index >= 15 is 0 Å². The maximum Gasteiger partial charge on any atom is 0.224 e. The van der Waals surface area contributed by atoms with Gasteiger partial charge in [-0.2, -0.15) is 5.26 Å². The van der Waals surface area contributed by atoms with Crippen molar-refractivity contribution < 1.29 is 4.57 Å². The molecule has 0 N–H and O–H groups in total. The van der Waals surface area contributed by atoms with Crippen LogP contribution in [0.3, 0.4) is 0 Å². The second-order valence-corrected chi connectivity index (χ2v) is 10.8. The molecule has 3 aromatic carbocycles. The van der Waals surface area contributed by atoms with Gasteiger partial charge in [0.2, 0.25) is 5.52 Å². The van der Waals surface area contributed by atoms with Crippen LogP contribution in [0, 0.1) is 30.6 Å². The summed E-state index contributed by atoms with van der Waals surface area (Å²) >= 11 is 0. The number of benzene rings is 3. The van der Waals surface area contributed by atoms with Gasteiger partial charge in [-0.05, 0) is 72.0 Å². The van der Waals surface area contributed by atoms with Crippen molar-refractivity contribution in [2.45, 2.75) is 41.0 Å². The van der Waals surface area contributed by atoms with Gasteiger partial charge in [0.15, 0.2) is 6.20 Å². The molecule has 0 amide bonds. The molecule has 0 aliphatic heterocycles. The summed E-state index contributed by atoms with van der Waals surface area (Å²) in [6.45, 7) is 11.3. The van der Waals surface area contributed by atoms with Crippen molar-refractivity contribution in [2.24, 2.45) is 12.5 Å². The minimum Gasteiger partial charge on any atom is -0.307 e. The molecular weight excluding hydrogens is 402 g/mol. The lowest BCUT2D eigenvalue weighted by atomic mass is 9.87. The fourth-order valence-electron chi connectivity index (χ4n) is 5.82. The number of nitriles is 1. The van der Waals surface area contributed by atoms with Crippen molar-refractivity contribution in [3.05, 3.63) is 70.9 Å². The molecule has 0 aliphatic rings. The molecular formula is C30H28N3+. The second kappa shape index (κ2) is 6.45. The summed E-state index contributed by atoms with van der Waals surface area (Å²) < 4.78 is 4.69. The van der Waals surface area contributed by atoms with Gasteiger partial charge >= 0.3 is 0 Å². The Balaban J connectivity index is 2.01. The first-order chi connectivity index (χ1) is 15.7. The minimum atomic E-state index is 0.199. The molecule has 3 nitrogen and oxygen atoms in total. The first-order valence-corrected chi connectivity index (χ1v) is 11.6. The van der Waals surface area contributed by atoms with Crippen LogP contribution < -0.4 is 4.57 Å². The average Bonchev–Trinajstić information content (AvgIpc) is 3.08. The van der Waals surface area contributed by atoms with Gasteiger partial charge in [0, 0.05) is 16.8 Å². The van der Waals surface area contributed by atoms with Crippen molar-refractivity contribution in [3.63, 3.8) is 0 Å². The third-order valence-corrected chi connectivity index (χ3v) is 7.20. The van der Waals surface area contributed by atoms with Crippen LogP contribution in [0.4, 0.5) is 0 Å². The van der Waals surface area contributed by atoms with E-state index in [1.54, 1.807) is 0 Å². The fraction of sp³-hybridized carbons (Fsp3) is 0.267. The van der Waals surface area contributed by atoms with Crippen molar-refractivity contribution in [1.29, 1.82) is 5.26 Å². The number of aromatic nitrogens is 2. The van der Waals surface area contributed by atoms with Gasteiger partial charge < -0.3 is 4.40 Å². The van der Waals surface area contributed by atoms with E-state index in [2.05, 4.69) is 93.2 Å². The zero-order valence-electron chi connectivity index (χ0n) is 20.2. The molecule has 0 radical (unpaired) electrons. The Labute approximate surface area is 193 Å². The monoisotopic (exact) mass is 430 g/mol. The molecule has 0 fully saturated rings. The molecule has 162 valence electrons. The van der Waals surface area contributed by atoms with E-state index < -0.39 is 0 Å². The smallest absolute Gasteiger partial charge is 0.224 e. The highest BCUT2D eigenvalue weighted by Crippen LogP contribution is 2.43. The number of nitrogens with zero attached hydrogens (tertiary/aromatic N) is 3. The zero-order valence-corrected chi connectivity index (χ0v) is 20.2. The van der Waals surface area contributed by atoms with Crippen LogP contribution in [0.25, 0.3) is 49.0 Å². The van der Waals surface area contributed by atoms with Gasteiger partial charge in [-0.25, -0.2) is 4.57 Å². The highest BCUT2D eigenvalue weighted by atomic mass is 15.0. The van der Waals surface area contributed by atoms with E-state index in [-0.39, 0.29) is 5.41 Å². The molecule has 33 heavy (non-hydrogen) atoms. The number of fused-ring (bicyclic) bond motifs is 5. The standard InChI is InChI=1S/C30H28N3/c1-17-12-22-26-21(16-31)8-7-9-23(26)33-24-14-19(15-30(3,4)5)13-20-10-11-32(6)29(27(20)24)25(18(17)2)28(22)33/h7-14H,15H2,1-6H3/q+1. The molecule has 0 saturated heterocycles. The first-order valence-electron chi connectivity index (χ1n) is 11.6. The lowest BCUT2D eigenvalue weighted by Gasteiger charge is -2.20. The fourth-order valence-corrected chi connectivity index (χ4v) is 5.82. The summed E-state index contributed by atoms with van der Waals surface area (Å²) in [7, 11) is 2.15. The zero-order chi connectivity index (χ0) is 23.2. The van der Waals surface area contributed by atoms with Gasteiger partial charge in [0.1, 0.15) is 7.05 Å². The topological polar surface area (TPSA) is 32.1 Å². The summed E-state index contributed by atoms with van der Waals surface area (Å²) in [6, 6.07) is 17.8. The van der Waals surface area contributed by atoms with Crippen LogP contribution in [0.15, 0.2) is 48.7 Å². The molecule has 0 saturated carbocycles. The molecule has 0 atom stereocenters. The van der Waals surface area contributed by atoms with Crippen molar-refractivity contribution in [1.82, 2.24) is 4.40 Å². The molecule has 6 rings (SSSR count). The minimum absolute atomic E-state index is 0.199. The Hall–Kier alpha value is -3.64. The summed E-state index contributed by atoms with van der Waals surface area (Å²) in [5.41, 5.74) is 9.68. The Morgan fingerprint density at radius 3 is 2.48 bits per heavy atom. The largest absolute Gasteiger partial charge is 0.307 e. The average molecular weight is 431 g/mol. The van der Waals surface area contributed by atoms with E-state index in [0.717, 1.165) is 22.9 Å². The molecule has 3 heteroatoms. The molecule has 0 spiro atoms. The highest BCUT2D eigenvalue weighted by Gasteiger charge is 2.26. The maximum atomic E-state index is 9.96. The van der Waals surface area contributed by atoms with Crippen LogP contribution in [0.5, 0.6) is 0 Å². The van der Waals surface area contributed by atoms with Crippen LogP contribution in [-0.4, -0.2) is 4.40 Å². The summed E-state index contributed by atoms with van der Waals surface area (Å²) in [6.07, 6.45) is 3.20. The maximum absolute atomic E-state index is 9.96. The Morgan fingerprint density at radius 1 is 0.970 bits per heavy atom. The third-order valence-electron chi connectivity index (χ3n) is 7.20. The Kier molecular flexibility index (Phi) is 3.91. The molecule has 3 heterocycles. The number of pyridine rings is 2. The van der Waals surface area contributed by atoms with Gasteiger partial charge in [-0.3, -0.25) is 0 Å². The quantitative estimate of drug-likeness (QED) is 0.159. The number of hydrogen-bond donors (Lipinski definition) is 0. The predicted octanol–water partition coefficient (Wildman–Crippen LogP) is 6.89. The molecule has 0 aliphatic carbocycles. The first kappa shape index (κ1) is 20.0. The van der Waals surface area contributed by atoms with E-state index in [0.29, 0.717) is 0 Å². The van der Waals surface area contributed by atoms with E-state index in [1.807, 2.05) is 12.1 Å². The number of rotatable bonds is 1. The van der Waals surface area contributed by atoms with Crippen LogP contribution in [-0.2, 0) is 13.5 Å². The van der Waals surface area contributed by atoms with Crippen LogP contribution in [0.1, 0.15) is 43.0 Å². The molecule has 6 aromatic rings. The Bertz CT molecular complexity index is 1800. The summed E-state index contributed by atoms with van der Waals surface area (Å²) in [4.78, 5) is 0. The van der Waals surface area contributed by atoms with E-state index in [4.69, 9.17) is 0 Å². The van der Waals surface area contributed by atoms with E-state index in [1.165, 1.54) is 54.8 Å². The molecule has 3 aromatic heterocycles. The van der Waals surface area contributed by atoms with Crippen LogP contribution >= 0.6 is 0 Å². The normalized spacial score (nSPS) is 12.6. The van der Waals surface area contributed by atoms with Crippen molar-refractivity contribution in [2.75, 3.05) is 0 Å². The lowest BCUT2D eigenvalue weighted by molar-refractivity contribution is -0.643. The molecule has 0 unspecified atom stereocenters. The van der Waals surface area contributed by atoms with Gasteiger partial charge in [-0.1, -0.05) is 32.9 Å². The number of aryl methyl sites for hydroxylation is 3.